The molecule has 0 amide bonds. The van der Waals surface area contributed by atoms with Gasteiger partial charge in [-0.1, -0.05) is 6.92 Å². The highest BCUT2D eigenvalue weighted by Crippen LogP contribution is 2.37. The summed E-state index contributed by atoms with van der Waals surface area (Å²) in [4.78, 5) is 6.60. The minimum absolute atomic E-state index is 0.308. The van der Waals surface area contributed by atoms with Crippen LogP contribution in [0.4, 0.5) is 0 Å². The average molecular weight is 222 g/mol. The van der Waals surface area contributed by atoms with Gasteiger partial charge in [0.05, 0.1) is 18.1 Å². The number of hydrogen-bond acceptors (Lipinski definition) is 3. The van der Waals surface area contributed by atoms with Gasteiger partial charge in [0.2, 0.25) is 0 Å². The molecule has 1 atom stereocenters. The van der Waals surface area contributed by atoms with E-state index < -0.39 is 0 Å². The molecule has 1 aliphatic rings. The zero-order valence-corrected chi connectivity index (χ0v) is 10.3. The van der Waals surface area contributed by atoms with Gasteiger partial charge in [-0.3, -0.25) is 4.90 Å². The van der Waals surface area contributed by atoms with Gasteiger partial charge in [0.1, 0.15) is 0 Å². The molecule has 4 heteroatoms. The van der Waals surface area contributed by atoms with Crippen molar-refractivity contribution in [3.05, 3.63) is 18.2 Å². The van der Waals surface area contributed by atoms with Crippen LogP contribution in [0.15, 0.2) is 12.5 Å². The molecule has 0 radical (unpaired) electrons. The first-order valence-corrected chi connectivity index (χ1v) is 6.20. The summed E-state index contributed by atoms with van der Waals surface area (Å²) in [5, 5.41) is 0. The maximum Gasteiger partial charge on any atom is 0.0951 e. The van der Waals surface area contributed by atoms with Gasteiger partial charge in [-0.2, -0.15) is 0 Å². The molecular formula is C12H22N4. The Hall–Kier alpha value is -0.870. The van der Waals surface area contributed by atoms with E-state index in [2.05, 4.69) is 28.4 Å². The van der Waals surface area contributed by atoms with Crippen LogP contribution in [-0.4, -0.2) is 34.6 Å². The first-order chi connectivity index (χ1) is 7.77. The van der Waals surface area contributed by atoms with Crippen LogP contribution >= 0.6 is 0 Å². The minimum Gasteiger partial charge on any atom is -0.330 e. The summed E-state index contributed by atoms with van der Waals surface area (Å²) >= 11 is 0. The second-order valence-corrected chi connectivity index (χ2v) is 4.69. The van der Waals surface area contributed by atoms with Gasteiger partial charge < -0.3 is 10.3 Å². The Bertz CT molecular complexity index is 330. The first-order valence-electron chi connectivity index (χ1n) is 6.20. The monoisotopic (exact) mass is 222 g/mol. The van der Waals surface area contributed by atoms with Gasteiger partial charge in [0, 0.05) is 18.8 Å². The largest absolute Gasteiger partial charge is 0.330 e. The number of aromatic nitrogens is 2. The van der Waals surface area contributed by atoms with E-state index in [0.29, 0.717) is 18.6 Å². The van der Waals surface area contributed by atoms with Crippen molar-refractivity contribution in [2.45, 2.75) is 38.3 Å². The third-order valence-corrected chi connectivity index (χ3v) is 3.31. The molecule has 2 rings (SSSR count). The van der Waals surface area contributed by atoms with E-state index >= 15 is 0 Å². The maximum atomic E-state index is 5.90. The van der Waals surface area contributed by atoms with Crippen LogP contribution < -0.4 is 5.73 Å². The predicted octanol–water partition coefficient (Wildman–Crippen LogP) is 1.56. The molecule has 0 bridgehead atoms. The third kappa shape index (κ3) is 2.28. The fourth-order valence-corrected chi connectivity index (χ4v) is 2.27. The number of hydrogen-bond donors (Lipinski definition) is 1. The molecule has 4 nitrogen and oxygen atoms in total. The summed E-state index contributed by atoms with van der Waals surface area (Å²) in [6.45, 7) is 3.94. The van der Waals surface area contributed by atoms with Crippen LogP contribution in [0.1, 0.15) is 44.0 Å². The predicted molar refractivity (Wildman–Crippen MR) is 65.2 cm³/mol. The number of imidazole rings is 1. The van der Waals surface area contributed by atoms with Crippen LogP contribution in [-0.2, 0) is 0 Å². The zero-order chi connectivity index (χ0) is 11.5. The number of nitrogens with two attached hydrogens (primary N) is 1. The second-order valence-electron chi connectivity index (χ2n) is 4.69. The molecule has 90 valence electrons. The highest BCUT2D eigenvalue weighted by molar-refractivity contribution is 5.09. The second kappa shape index (κ2) is 4.97. The summed E-state index contributed by atoms with van der Waals surface area (Å²) in [5.41, 5.74) is 7.18. The highest BCUT2D eigenvalue weighted by Gasteiger charge is 2.28. The molecule has 0 saturated heterocycles. The summed E-state index contributed by atoms with van der Waals surface area (Å²) in [6, 6.07) is 0.990. The minimum atomic E-state index is 0.308. The Kier molecular flexibility index (Phi) is 3.61. The standard InChI is InChI=1S/C12H22N4/c1-3-6-15(2)11(7-13)12-8-14-9-16(12)10-4-5-10/h8-11H,3-7,13H2,1-2H3. The Morgan fingerprint density at radius 3 is 2.94 bits per heavy atom. The van der Waals surface area contributed by atoms with Crippen molar-refractivity contribution in [1.82, 2.24) is 14.5 Å². The number of nitrogens with zero attached hydrogens (tertiary/aromatic N) is 3. The Balaban J connectivity index is 2.15. The van der Waals surface area contributed by atoms with Crippen molar-refractivity contribution in [1.29, 1.82) is 0 Å². The molecule has 1 aromatic rings. The third-order valence-electron chi connectivity index (χ3n) is 3.31. The number of likely N-dealkylation sites (N-methyl/N-ethyl adjacent to an activating group) is 1. The zero-order valence-electron chi connectivity index (χ0n) is 10.3. The average Bonchev–Trinajstić information content (AvgIpc) is 3.01. The van der Waals surface area contributed by atoms with Crippen molar-refractivity contribution in [2.24, 2.45) is 5.73 Å². The van der Waals surface area contributed by atoms with E-state index in [0.717, 1.165) is 13.0 Å². The van der Waals surface area contributed by atoms with Crippen LogP contribution in [0.25, 0.3) is 0 Å². The SMILES string of the molecule is CCCN(C)C(CN)c1cncn1C1CC1. The summed E-state index contributed by atoms with van der Waals surface area (Å²) in [7, 11) is 2.14. The van der Waals surface area contributed by atoms with Gasteiger partial charge in [-0.15, -0.1) is 0 Å². The van der Waals surface area contributed by atoms with Crippen LogP contribution in [0.3, 0.4) is 0 Å². The smallest absolute Gasteiger partial charge is 0.0951 e. The van der Waals surface area contributed by atoms with E-state index in [9.17, 15) is 0 Å². The highest BCUT2D eigenvalue weighted by atomic mass is 15.2. The van der Waals surface area contributed by atoms with E-state index in [1.165, 1.54) is 18.5 Å². The summed E-state index contributed by atoms with van der Waals surface area (Å²) in [6.07, 6.45) is 7.66. The molecule has 2 N–H and O–H groups in total. The molecule has 16 heavy (non-hydrogen) atoms. The molecule has 1 aliphatic carbocycles. The molecule has 1 unspecified atom stereocenters. The van der Waals surface area contributed by atoms with Gasteiger partial charge in [-0.25, -0.2) is 4.98 Å². The fourth-order valence-electron chi connectivity index (χ4n) is 2.27. The van der Waals surface area contributed by atoms with Crippen molar-refractivity contribution in [3.63, 3.8) is 0 Å². The quantitative estimate of drug-likeness (QED) is 0.794. The molecule has 1 aromatic heterocycles. The lowest BCUT2D eigenvalue weighted by Gasteiger charge is -2.27. The van der Waals surface area contributed by atoms with Crippen LogP contribution in [0.2, 0.25) is 0 Å². The molecule has 1 heterocycles. The molecular weight excluding hydrogens is 200 g/mol. The molecule has 1 saturated carbocycles. The van der Waals surface area contributed by atoms with E-state index in [1.54, 1.807) is 0 Å². The lowest BCUT2D eigenvalue weighted by atomic mass is 10.2. The van der Waals surface area contributed by atoms with E-state index in [4.69, 9.17) is 5.73 Å². The lowest BCUT2D eigenvalue weighted by Crippen LogP contribution is -2.32. The van der Waals surface area contributed by atoms with Gasteiger partial charge >= 0.3 is 0 Å². The van der Waals surface area contributed by atoms with Gasteiger partial charge in [-0.05, 0) is 32.9 Å². The fraction of sp³-hybridized carbons (Fsp3) is 0.750. The maximum absolute atomic E-state index is 5.90. The first kappa shape index (κ1) is 11.6. The Morgan fingerprint density at radius 2 is 2.38 bits per heavy atom. The normalized spacial score (nSPS) is 18.0. The van der Waals surface area contributed by atoms with Crippen molar-refractivity contribution in [2.75, 3.05) is 20.1 Å². The van der Waals surface area contributed by atoms with Gasteiger partial charge in [0.15, 0.2) is 0 Å². The Morgan fingerprint density at radius 1 is 1.62 bits per heavy atom. The van der Waals surface area contributed by atoms with E-state index in [1.807, 2.05) is 12.5 Å². The lowest BCUT2D eigenvalue weighted by molar-refractivity contribution is 0.241. The number of rotatable bonds is 6. The Labute approximate surface area is 97.4 Å². The van der Waals surface area contributed by atoms with Crippen molar-refractivity contribution >= 4 is 0 Å². The molecule has 1 fully saturated rings. The van der Waals surface area contributed by atoms with Crippen LogP contribution in [0, 0.1) is 0 Å². The van der Waals surface area contributed by atoms with Crippen LogP contribution in [0.5, 0.6) is 0 Å². The van der Waals surface area contributed by atoms with Crippen molar-refractivity contribution < 1.29 is 0 Å². The van der Waals surface area contributed by atoms with Gasteiger partial charge in [0.25, 0.3) is 0 Å². The van der Waals surface area contributed by atoms with Crippen molar-refractivity contribution in [3.8, 4) is 0 Å². The summed E-state index contributed by atoms with van der Waals surface area (Å²) < 4.78 is 2.31. The topological polar surface area (TPSA) is 47.1 Å². The van der Waals surface area contributed by atoms with E-state index in [-0.39, 0.29) is 0 Å². The molecule has 0 aliphatic heterocycles. The molecule has 0 spiro atoms. The summed E-state index contributed by atoms with van der Waals surface area (Å²) in [5.74, 6) is 0. The molecule has 0 aromatic carbocycles.